The Balaban J connectivity index is 2.42. The standard InChI is InChI=1S/C13H16N2O3/c1-8(2)7-13(9-5-3-4-6-9)10(16)14-12(18)15-11(13)17/h3,5,9H,1,4,6-7H2,2H3,(H2,14,15,16,17,18). The van der Waals surface area contributed by atoms with E-state index in [9.17, 15) is 14.4 Å². The molecular weight excluding hydrogens is 232 g/mol. The smallest absolute Gasteiger partial charge is 0.277 e. The van der Waals surface area contributed by atoms with Gasteiger partial charge < -0.3 is 0 Å². The molecule has 1 saturated heterocycles. The van der Waals surface area contributed by atoms with Gasteiger partial charge >= 0.3 is 6.03 Å². The molecule has 2 rings (SSSR count). The lowest BCUT2D eigenvalue weighted by Gasteiger charge is -2.38. The average molecular weight is 248 g/mol. The summed E-state index contributed by atoms with van der Waals surface area (Å²) in [5.74, 6) is -1.21. The minimum absolute atomic E-state index is 0.178. The summed E-state index contributed by atoms with van der Waals surface area (Å²) in [4.78, 5) is 35.6. The van der Waals surface area contributed by atoms with E-state index >= 15 is 0 Å². The van der Waals surface area contributed by atoms with E-state index in [0.717, 1.165) is 18.4 Å². The summed E-state index contributed by atoms with van der Waals surface area (Å²) in [5.41, 5.74) is -0.484. The minimum atomic E-state index is -1.23. The number of nitrogens with one attached hydrogen (secondary N) is 2. The quantitative estimate of drug-likeness (QED) is 0.583. The molecule has 0 bridgehead atoms. The SMILES string of the molecule is C=C(C)CC1(C2C=CCC2)C(=O)NC(=O)NC1=O. The predicted octanol–water partition coefficient (Wildman–Crippen LogP) is 1.27. The molecule has 2 N–H and O–H groups in total. The van der Waals surface area contributed by atoms with Crippen LogP contribution in [0.1, 0.15) is 26.2 Å². The fourth-order valence-corrected chi connectivity index (χ4v) is 2.71. The lowest BCUT2D eigenvalue weighted by Crippen LogP contribution is -2.64. The van der Waals surface area contributed by atoms with Crippen molar-refractivity contribution in [2.24, 2.45) is 11.3 Å². The van der Waals surface area contributed by atoms with Crippen molar-refractivity contribution in [3.05, 3.63) is 24.3 Å². The zero-order valence-corrected chi connectivity index (χ0v) is 10.3. The number of hydrogen-bond acceptors (Lipinski definition) is 3. The maximum atomic E-state index is 12.2. The van der Waals surface area contributed by atoms with E-state index < -0.39 is 23.3 Å². The van der Waals surface area contributed by atoms with E-state index in [0.29, 0.717) is 0 Å². The van der Waals surface area contributed by atoms with Crippen molar-refractivity contribution < 1.29 is 14.4 Å². The lowest BCUT2D eigenvalue weighted by atomic mass is 9.68. The van der Waals surface area contributed by atoms with Crippen LogP contribution in [0.2, 0.25) is 0 Å². The zero-order chi connectivity index (χ0) is 13.3. The number of rotatable bonds is 3. The number of urea groups is 1. The van der Waals surface area contributed by atoms with Crippen molar-refractivity contribution in [1.29, 1.82) is 0 Å². The van der Waals surface area contributed by atoms with Gasteiger partial charge in [0.2, 0.25) is 11.8 Å². The van der Waals surface area contributed by atoms with Gasteiger partial charge in [-0.05, 0) is 26.2 Å². The number of allylic oxidation sites excluding steroid dienone is 3. The molecule has 4 amide bonds. The Morgan fingerprint density at radius 2 is 2.00 bits per heavy atom. The molecule has 1 unspecified atom stereocenters. The monoisotopic (exact) mass is 248 g/mol. The lowest BCUT2D eigenvalue weighted by molar-refractivity contribution is -0.147. The maximum absolute atomic E-state index is 12.2. The number of imide groups is 2. The van der Waals surface area contributed by atoms with E-state index in [1.807, 2.05) is 12.2 Å². The summed E-state index contributed by atoms with van der Waals surface area (Å²) in [5, 5.41) is 4.40. The summed E-state index contributed by atoms with van der Waals surface area (Å²) in [6.07, 6.45) is 5.69. The molecule has 96 valence electrons. The Morgan fingerprint density at radius 3 is 2.44 bits per heavy atom. The second-order valence-corrected chi connectivity index (χ2v) is 4.95. The first-order valence-electron chi connectivity index (χ1n) is 5.94. The molecular formula is C13H16N2O3. The van der Waals surface area contributed by atoms with E-state index in [4.69, 9.17) is 0 Å². The molecule has 1 fully saturated rings. The number of amides is 4. The first-order chi connectivity index (χ1) is 8.46. The van der Waals surface area contributed by atoms with Crippen LogP contribution in [0, 0.1) is 11.3 Å². The molecule has 0 aromatic carbocycles. The van der Waals surface area contributed by atoms with Gasteiger partial charge in [-0.25, -0.2) is 4.79 Å². The molecule has 0 aromatic rings. The number of hydrogen-bond donors (Lipinski definition) is 2. The summed E-state index contributed by atoms with van der Waals surface area (Å²) in [7, 11) is 0. The van der Waals surface area contributed by atoms with Crippen molar-refractivity contribution in [1.82, 2.24) is 10.6 Å². The molecule has 1 heterocycles. The van der Waals surface area contributed by atoms with Gasteiger partial charge in [0.25, 0.3) is 0 Å². The van der Waals surface area contributed by atoms with Crippen LogP contribution in [0.4, 0.5) is 4.79 Å². The molecule has 1 atom stereocenters. The Bertz CT molecular complexity index is 445. The topological polar surface area (TPSA) is 75.3 Å². The third kappa shape index (κ3) is 1.85. The average Bonchev–Trinajstić information content (AvgIpc) is 2.76. The second kappa shape index (κ2) is 4.40. The van der Waals surface area contributed by atoms with Crippen LogP contribution in [0.3, 0.4) is 0 Å². The van der Waals surface area contributed by atoms with Crippen LogP contribution < -0.4 is 10.6 Å². The number of carbonyl (C=O) groups is 3. The van der Waals surface area contributed by atoms with Gasteiger partial charge in [-0.2, -0.15) is 0 Å². The molecule has 5 heteroatoms. The highest BCUT2D eigenvalue weighted by molar-refractivity contribution is 6.19. The third-order valence-corrected chi connectivity index (χ3v) is 3.49. The highest BCUT2D eigenvalue weighted by Gasteiger charge is 2.54. The van der Waals surface area contributed by atoms with Gasteiger partial charge in [-0.15, -0.1) is 6.58 Å². The summed E-state index contributed by atoms with van der Waals surface area (Å²) in [6.45, 7) is 5.56. The molecule has 0 spiro atoms. The Morgan fingerprint density at radius 1 is 1.39 bits per heavy atom. The Hall–Kier alpha value is -1.91. The van der Waals surface area contributed by atoms with Crippen LogP contribution in [0.5, 0.6) is 0 Å². The van der Waals surface area contributed by atoms with Crippen LogP contribution in [0.15, 0.2) is 24.3 Å². The first kappa shape index (κ1) is 12.5. The second-order valence-electron chi connectivity index (χ2n) is 4.95. The summed E-state index contributed by atoms with van der Waals surface area (Å²) < 4.78 is 0. The van der Waals surface area contributed by atoms with E-state index in [-0.39, 0.29) is 12.3 Å². The van der Waals surface area contributed by atoms with Crippen molar-refractivity contribution >= 4 is 17.8 Å². The van der Waals surface area contributed by atoms with Crippen molar-refractivity contribution in [3.63, 3.8) is 0 Å². The Kier molecular flexibility index (Phi) is 3.07. The van der Waals surface area contributed by atoms with Gasteiger partial charge in [0, 0.05) is 5.92 Å². The summed E-state index contributed by atoms with van der Waals surface area (Å²) >= 11 is 0. The maximum Gasteiger partial charge on any atom is 0.328 e. The van der Waals surface area contributed by atoms with E-state index in [1.165, 1.54) is 0 Å². The fraction of sp³-hybridized carbons (Fsp3) is 0.462. The predicted molar refractivity (Wildman–Crippen MR) is 65.4 cm³/mol. The number of barbiturate groups is 1. The number of carbonyl (C=O) groups excluding carboxylic acids is 3. The molecule has 0 radical (unpaired) electrons. The molecule has 0 saturated carbocycles. The summed E-state index contributed by atoms with van der Waals surface area (Å²) in [6, 6.07) is -0.746. The van der Waals surface area contributed by atoms with Gasteiger partial charge in [-0.3, -0.25) is 20.2 Å². The molecule has 0 aromatic heterocycles. The molecule has 1 aliphatic heterocycles. The molecule has 1 aliphatic carbocycles. The third-order valence-electron chi connectivity index (χ3n) is 3.49. The van der Waals surface area contributed by atoms with Crippen molar-refractivity contribution in [2.75, 3.05) is 0 Å². The first-order valence-corrected chi connectivity index (χ1v) is 5.94. The van der Waals surface area contributed by atoms with Crippen molar-refractivity contribution in [2.45, 2.75) is 26.2 Å². The molecule has 18 heavy (non-hydrogen) atoms. The fourth-order valence-electron chi connectivity index (χ4n) is 2.71. The van der Waals surface area contributed by atoms with Gasteiger partial charge in [0.15, 0.2) is 0 Å². The van der Waals surface area contributed by atoms with Gasteiger partial charge in [-0.1, -0.05) is 17.7 Å². The van der Waals surface area contributed by atoms with Gasteiger partial charge in [0.1, 0.15) is 5.41 Å². The van der Waals surface area contributed by atoms with Crippen molar-refractivity contribution in [3.8, 4) is 0 Å². The highest BCUT2D eigenvalue weighted by Crippen LogP contribution is 2.42. The van der Waals surface area contributed by atoms with Crippen LogP contribution in [-0.2, 0) is 9.59 Å². The minimum Gasteiger partial charge on any atom is -0.277 e. The van der Waals surface area contributed by atoms with Crippen LogP contribution in [0.25, 0.3) is 0 Å². The Labute approximate surface area is 105 Å². The highest BCUT2D eigenvalue weighted by atomic mass is 16.2. The van der Waals surface area contributed by atoms with E-state index in [2.05, 4.69) is 17.2 Å². The molecule has 2 aliphatic rings. The normalized spacial score (nSPS) is 25.8. The van der Waals surface area contributed by atoms with Gasteiger partial charge in [0.05, 0.1) is 0 Å². The van der Waals surface area contributed by atoms with Crippen LogP contribution >= 0.6 is 0 Å². The van der Waals surface area contributed by atoms with E-state index in [1.54, 1.807) is 6.92 Å². The largest absolute Gasteiger partial charge is 0.328 e. The molecule has 5 nitrogen and oxygen atoms in total. The zero-order valence-electron chi connectivity index (χ0n) is 10.3. The van der Waals surface area contributed by atoms with Crippen LogP contribution in [-0.4, -0.2) is 17.8 Å².